The minimum Gasteiger partial charge on any atom is -0.304 e. The first-order chi connectivity index (χ1) is 9.30. The van der Waals surface area contributed by atoms with E-state index in [1.54, 1.807) is 11.3 Å². The minimum atomic E-state index is 0.225. The number of hydrazine groups is 1. The van der Waals surface area contributed by atoms with Crippen molar-refractivity contribution in [2.75, 3.05) is 19.6 Å². The lowest BCUT2D eigenvalue weighted by Crippen LogP contribution is -2.32. The second kappa shape index (κ2) is 7.01. The third kappa shape index (κ3) is 3.34. The highest BCUT2D eigenvalue weighted by atomic mass is 32.1. The smallest absolute Gasteiger partial charge is 0.0486 e. The van der Waals surface area contributed by atoms with E-state index in [1.807, 2.05) is 0 Å². The fourth-order valence-corrected chi connectivity index (χ4v) is 3.44. The molecule has 19 heavy (non-hydrogen) atoms. The Kier molecular flexibility index (Phi) is 5.34. The molecule has 1 unspecified atom stereocenters. The lowest BCUT2D eigenvalue weighted by molar-refractivity contribution is 0.282. The molecule has 3 nitrogen and oxygen atoms in total. The second-order valence-electron chi connectivity index (χ2n) is 4.72. The van der Waals surface area contributed by atoms with Crippen molar-refractivity contribution in [2.45, 2.75) is 26.3 Å². The van der Waals surface area contributed by atoms with Crippen LogP contribution >= 0.6 is 11.3 Å². The minimum absolute atomic E-state index is 0.225. The van der Waals surface area contributed by atoms with E-state index in [4.69, 9.17) is 5.84 Å². The lowest BCUT2D eigenvalue weighted by atomic mass is 10.0. The maximum absolute atomic E-state index is 5.77. The van der Waals surface area contributed by atoms with Crippen LogP contribution in [0, 0.1) is 0 Å². The molecule has 4 heteroatoms. The number of benzene rings is 1. The number of hydrogen-bond donors (Lipinski definition) is 2. The van der Waals surface area contributed by atoms with Crippen LogP contribution in [-0.4, -0.2) is 24.5 Å². The summed E-state index contributed by atoms with van der Waals surface area (Å²) in [5.74, 6) is 5.77. The van der Waals surface area contributed by atoms with E-state index in [1.165, 1.54) is 15.6 Å². The fourth-order valence-electron chi connectivity index (χ4n) is 2.47. The average Bonchev–Trinajstić information content (AvgIpc) is 2.92. The van der Waals surface area contributed by atoms with Gasteiger partial charge in [-0.05, 0) is 48.5 Å². The maximum atomic E-state index is 5.77. The lowest BCUT2D eigenvalue weighted by Gasteiger charge is -2.23. The van der Waals surface area contributed by atoms with Crippen molar-refractivity contribution in [3.05, 3.63) is 35.2 Å². The number of hydrogen-bond acceptors (Lipinski definition) is 4. The fraction of sp³-hybridized carbons (Fsp3) is 0.467. The van der Waals surface area contributed by atoms with Gasteiger partial charge in [-0.15, -0.1) is 11.3 Å². The zero-order chi connectivity index (χ0) is 13.7. The molecule has 0 saturated carbocycles. The van der Waals surface area contributed by atoms with Crippen LogP contribution < -0.4 is 11.3 Å². The SMILES string of the molecule is CCN(CC)CCC(NN)c1cccc2ccsc12. The highest BCUT2D eigenvalue weighted by Crippen LogP contribution is 2.30. The van der Waals surface area contributed by atoms with Crippen molar-refractivity contribution in [2.24, 2.45) is 5.84 Å². The molecule has 0 fully saturated rings. The standard InChI is InChI=1S/C15H23N3S/c1-3-18(4-2)10-8-14(17-16)13-7-5-6-12-9-11-19-15(12)13/h5-7,9,11,14,17H,3-4,8,10,16H2,1-2H3. The second-order valence-corrected chi connectivity index (χ2v) is 5.64. The largest absolute Gasteiger partial charge is 0.304 e. The molecule has 2 rings (SSSR count). The molecule has 0 radical (unpaired) electrons. The number of nitrogens with zero attached hydrogens (tertiary/aromatic N) is 1. The van der Waals surface area contributed by atoms with Gasteiger partial charge in [0.15, 0.2) is 0 Å². The molecule has 1 aromatic heterocycles. The Morgan fingerprint density at radius 2 is 2.05 bits per heavy atom. The van der Waals surface area contributed by atoms with Crippen molar-refractivity contribution in [3.63, 3.8) is 0 Å². The third-order valence-corrected chi connectivity index (χ3v) is 4.69. The van der Waals surface area contributed by atoms with Gasteiger partial charge >= 0.3 is 0 Å². The predicted molar refractivity (Wildman–Crippen MR) is 84.3 cm³/mol. The number of thiophene rings is 1. The molecule has 0 aliphatic heterocycles. The Bertz CT molecular complexity index is 505. The summed E-state index contributed by atoms with van der Waals surface area (Å²) in [6, 6.07) is 8.86. The highest BCUT2D eigenvalue weighted by molar-refractivity contribution is 7.17. The molecule has 0 aliphatic rings. The molecule has 3 N–H and O–H groups in total. The Morgan fingerprint density at radius 1 is 1.26 bits per heavy atom. The summed E-state index contributed by atoms with van der Waals surface area (Å²) in [6.07, 6.45) is 1.04. The van der Waals surface area contributed by atoms with Crippen LogP contribution in [0.4, 0.5) is 0 Å². The molecular formula is C15H23N3S. The molecule has 0 saturated heterocycles. The van der Waals surface area contributed by atoms with Gasteiger partial charge in [0.1, 0.15) is 0 Å². The van der Waals surface area contributed by atoms with Gasteiger partial charge in [0.05, 0.1) is 0 Å². The normalized spacial score (nSPS) is 13.3. The van der Waals surface area contributed by atoms with Crippen molar-refractivity contribution < 1.29 is 0 Å². The summed E-state index contributed by atoms with van der Waals surface area (Å²) in [6.45, 7) is 7.67. The number of rotatable bonds is 7. The van der Waals surface area contributed by atoms with Crippen LogP contribution in [0.3, 0.4) is 0 Å². The van der Waals surface area contributed by atoms with Crippen LogP contribution in [-0.2, 0) is 0 Å². The average molecular weight is 277 g/mol. The molecule has 2 aromatic rings. The zero-order valence-corrected chi connectivity index (χ0v) is 12.5. The third-order valence-electron chi connectivity index (χ3n) is 3.71. The Balaban J connectivity index is 2.15. The summed E-state index contributed by atoms with van der Waals surface area (Å²) in [5, 5.41) is 3.46. The molecule has 0 amide bonds. The molecule has 1 atom stereocenters. The van der Waals surface area contributed by atoms with Crippen LogP contribution in [0.2, 0.25) is 0 Å². The van der Waals surface area contributed by atoms with Crippen LogP contribution in [0.1, 0.15) is 31.9 Å². The van der Waals surface area contributed by atoms with Crippen molar-refractivity contribution >= 4 is 21.4 Å². The van der Waals surface area contributed by atoms with Crippen LogP contribution in [0.25, 0.3) is 10.1 Å². The summed E-state index contributed by atoms with van der Waals surface area (Å²) < 4.78 is 1.35. The Hall–Kier alpha value is -0.940. The molecule has 0 bridgehead atoms. The van der Waals surface area contributed by atoms with E-state index in [0.717, 1.165) is 26.1 Å². The first-order valence-electron chi connectivity index (χ1n) is 6.94. The van der Waals surface area contributed by atoms with Crippen molar-refractivity contribution in [1.82, 2.24) is 10.3 Å². The van der Waals surface area contributed by atoms with Crippen molar-refractivity contribution in [3.8, 4) is 0 Å². The molecule has 0 aliphatic carbocycles. The molecular weight excluding hydrogens is 254 g/mol. The molecule has 0 spiro atoms. The zero-order valence-electron chi connectivity index (χ0n) is 11.7. The quantitative estimate of drug-likeness (QED) is 0.603. The molecule has 1 aromatic carbocycles. The van der Waals surface area contributed by atoms with E-state index in [-0.39, 0.29) is 6.04 Å². The first-order valence-corrected chi connectivity index (χ1v) is 7.82. The van der Waals surface area contributed by atoms with Gasteiger partial charge in [0, 0.05) is 10.7 Å². The van der Waals surface area contributed by atoms with Gasteiger partial charge in [-0.2, -0.15) is 0 Å². The molecule has 104 valence electrons. The summed E-state index contributed by atoms with van der Waals surface area (Å²) in [4.78, 5) is 2.43. The number of fused-ring (bicyclic) bond motifs is 1. The Morgan fingerprint density at radius 3 is 2.74 bits per heavy atom. The van der Waals surface area contributed by atoms with Gasteiger partial charge in [0.25, 0.3) is 0 Å². The van der Waals surface area contributed by atoms with E-state index < -0.39 is 0 Å². The summed E-state index contributed by atoms with van der Waals surface area (Å²) >= 11 is 1.79. The first kappa shape index (κ1) is 14.5. The molecule has 1 heterocycles. The van der Waals surface area contributed by atoms with E-state index >= 15 is 0 Å². The van der Waals surface area contributed by atoms with Gasteiger partial charge in [0.2, 0.25) is 0 Å². The van der Waals surface area contributed by atoms with E-state index in [2.05, 4.69) is 53.8 Å². The Labute approximate surface area is 119 Å². The number of nitrogens with two attached hydrogens (primary N) is 1. The van der Waals surface area contributed by atoms with Crippen LogP contribution in [0.15, 0.2) is 29.6 Å². The van der Waals surface area contributed by atoms with E-state index in [0.29, 0.717) is 0 Å². The maximum Gasteiger partial charge on any atom is 0.0486 e. The van der Waals surface area contributed by atoms with E-state index in [9.17, 15) is 0 Å². The van der Waals surface area contributed by atoms with Crippen molar-refractivity contribution in [1.29, 1.82) is 0 Å². The highest BCUT2D eigenvalue weighted by Gasteiger charge is 2.14. The van der Waals surface area contributed by atoms with Gasteiger partial charge < -0.3 is 4.90 Å². The predicted octanol–water partition coefficient (Wildman–Crippen LogP) is 3.14. The van der Waals surface area contributed by atoms with Crippen LogP contribution in [0.5, 0.6) is 0 Å². The summed E-state index contributed by atoms with van der Waals surface area (Å²) in [5.41, 5.74) is 4.31. The van der Waals surface area contributed by atoms with Gasteiger partial charge in [-0.1, -0.05) is 32.0 Å². The van der Waals surface area contributed by atoms with Gasteiger partial charge in [-0.25, -0.2) is 0 Å². The monoisotopic (exact) mass is 277 g/mol. The summed E-state index contributed by atoms with van der Waals surface area (Å²) in [7, 11) is 0. The topological polar surface area (TPSA) is 41.3 Å². The van der Waals surface area contributed by atoms with Gasteiger partial charge in [-0.3, -0.25) is 11.3 Å². The number of nitrogens with one attached hydrogen (secondary N) is 1.